The van der Waals surface area contributed by atoms with Crippen LogP contribution in [0.25, 0.3) is 0 Å². The Morgan fingerprint density at radius 3 is 2.71 bits per heavy atom. The molecular weight excluding hydrogens is 210 g/mol. The van der Waals surface area contributed by atoms with Gasteiger partial charge in [0.15, 0.2) is 0 Å². The van der Waals surface area contributed by atoms with Crippen molar-refractivity contribution in [2.45, 2.75) is 44.2 Å². The Morgan fingerprint density at radius 1 is 1.18 bits per heavy atom. The average Bonchev–Trinajstić information content (AvgIpc) is 2.91. The smallest absolute Gasteiger partial charge is 0.0628 e. The van der Waals surface area contributed by atoms with Gasteiger partial charge in [0.2, 0.25) is 0 Å². The third kappa shape index (κ3) is 2.00. The van der Waals surface area contributed by atoms with Gasteiger partial charge in [0.25, 0.3) is 0 Å². The Hall–Kier alpha value is -0.860. The Labute approximate surface area is 103 Å². The van der Waals surface area contributed by atoms with Gasteiger partial charge < -0.3 is 5.11 Å². The molecule has 0 bridgehead atoms. The van der Waals surface area contributed by atoms with Crippen molar-refractivity contribution in [2.24, 2.45) is 0 Å². The molecule has 1 aliphatic heterocycles. The first-order valence-electron chi connectivity index (χ1n) is 6.84. The molecule has 0 radical (unpaired) electrons. The van der Waals surface area contributed by atoms with E-state index in [1.807, 2.05) is 0 Å². The molecule has 1 aromatic carbocycles. The van der Waals surface area contributed by atoms with Gasteiger partial charge in [0.1, 0.15) is 0 Å². The van der Waals surface area contributed by atoms with Gasteiger partial charge in [-0.25, -0.2) is 0 Å². The molecule has 1 aliphatic carbocycles. The summed E-state index contributed by atoms with van der Waals surface area (Å²) in [7, 11) is 0. The van der Waals surface area contributed by atoms with E-state index in [9.17, 15) is 5.11 Å². The van der Waals surface area contributed by atoms with Crippen LogP contribution in [-0.2, 0) is 6.42 Å². The molecule has 0 amide bonds. The number of aliphatic hydroxyl groups excluding tert-OH is 1. The molecule has 2 nitrogen and oxygen atoms in total. The van der Waals surface area contributed by atoms with Crippen LogP contribution in [0, 0.1) is 0 Å². The van der Waals surface area contributed by atoms with Crippen LogP contribution in [0.5, 0.6) is 0 Å². The number of hydrogen-bond donors (Lipinski definition) is 1. The van der Waals surface area contributed by atoms with Crippen LogP contribution in [0.2, 0.25) is 0 Å². The molecule has 1 unspecified atom stereocenters. The second-order valence-corrected chi connectivity index (χ2v) is 5.32. The zero-order valence-corrected chi connectivity index (χ0v) is 10.3. The van der Waals surface area contributed by atoms with Crippen LogP contribution >= 0.6 is 0 Å². The summed E-state index contributed by atoms with van der Waals surface area (Å²) in [5.41, 5.74) is 2.79. The molecule has 1 saturated carbocycles. The zero-order valence-electron chi connectivity index (χ0n) is 10.3. The number of hydrogen-bond acceptors (Lipinski definition) is 2. The van der Waals surface area contributed by atoms with Crippen LogP contribution in [-0.4, -0.2) is 29.2 Å². The molecule has 17 heavy (non-hydrogen) atoms. The Kier molecular flexibility index (Phi) is 3.17. The van der Waals surface area contributed by atoms with Gasteiger partial charge in [0.05, 0.1) is 12.6 Å². The minimum absolute atomic E-state index is 0.239. The second kappa shape index (κ2) is 4.79. The maximum Gasteiger partial charge on any atom is 0.0628 e. The number of aliphatic hydroxyl groups is 1. The van der Waals surface area contributed by atoms with Crippen LogP contribution in [0.4, 0.5) is 0 Å². The fraction of sp³-hybridized carbons (Fsp3) is 0.600. The van der Waals surface area contributed by atoms with Crippen molar-refractivity contribution in [3.8, 4) is 0 Å². The van der Waals surface area contributed by atoms with Gasteiger partial charge in [0, 0.05) is 12.6 Å². The minimum atomic E-state index is 0.239. The highest BCUT2D eigenvalue weighted by atomic mass is 16.3. The standard InChI is InChI=1S/C15H21NO/c17-11-15-14-8-4-1-5-12(14)9-10-16(15)13-6-2-3-7-13/h1,4-5,8,13,15,17H,2-3,6-7,9-11H2. The maximum absolute atomic E-state index is 9.73. The molecule has 1 N–H and O–H groups in total. The first-order valence-corrected chi connectivity index (χ1v) is 6.84. The number of fused-ring (bicyclic) bond motifs is 1. The van der Waals surface area contributed by atoms with Crippen molar-refractivity contribution in [3.05, 3.63) is 35.4 Å². The van der Waals surface area contributed by atoms with E-state index >= 15 is 0 Å². The van der Waals surface area contributed by atoms with Gasteiger partial charge in [-0.3, -0.25) is 4.90 Å². The fourth-order valence-corrected chi connectivity index (χ4v) is 3.55. The maximum atomic E-state index is 9.73. The number of nitrogens with zero attached hydrogens (tertiary/aromatic N) is 1. The number of rotatable bonds is 2. The molecule has 2 aliphatic rings. The van der Waals surface area contributed by atoms with Crippen LogP contribution in [0.1, 0.15) is 42.9 Å². The van der Waals surface area contributed by atoms with E-state index in [2.05, 4.69) is 29.2 Å². The average molecular weight is 231 g/mol. The van der Waals surface area contributed by atoms with Gasteiger partial charge in [-0.2, -0.15) is 0 Å². The molecule has 1 aromatic rings. The monoisotopic (exact) mass is 231 g/mol. The van der Waals surface area contributed by atoms with Crippen molar-refractivity contribution in [1.29, 1.82) is 0 Å². The van der Waals surface area contributed by atoms with Gasteiger partial charge in [-0.1, -0.05) is 37.1 Å². The SMILES string of the molecule is OCC1c2ccccc2CCN1C1CCCC1. The van der Waals surface area contributed by atoms with Crippen molar-refractivity contribution >= 4 is 0 Å². The zero-order chi connectivity index (χ0) is 11.7. The Bertz CT molecular complexity index is 384. The van der Waals surface area contributed by atoms with E-state index in [-0.39, 0.29) is 12.6 Å². The lowest BCUT2D eigenvalue weighted by atomic mass is 9.91. The van der Waals surface area contributed by atoms with Crippen molar-refractivity contribution in [1.82, 2.24) is 4.90 Å². The predicted octanol–water partition coefficient (Wildman–Crippen LogP) is 2.52. The van der Waals surface area contributed by atoms with Crippen molar-refractivity contribution in [2.75, 3.05) is 13.2 Å². The summed E-state index contributed by atoms with van der Waals surface area (Å²) in [5.74, 6) is 0. The third-order valence-electron chi connectivity index (χ3n) is 4.42. The highest BCUT2D eigenvalue weighted by Gasteiger charge is 2.32. The van der Waals surface area contributed by atoms with E-state index in [1.165, 1.54) is 36.8 Å². The van der Waals surface area contributed by atoms with E-state index in [0.717, 1.165) is 13.0 Å². The molecule has 0 saturated heterocycles. The second-order valence-electron chi connectivity index (χ2n) is 5.32. The molecule has 1 heterocycles. The highest BCUT2D eigenvalue weighted by Crippen LogP contribution is 2.35. The molecule has 2 heteroatoms. The lowest BCUT2D eigenvalue weighted by Crippen LogP contribution is -2.43. The summed E-state index contributed by atoms with van der Waals surface area (Å²) < 4.78 is 0. The third-order valence-corrected chi connectivity index (χ3v) is 4.42. The van der Waals surface area contributed by atoms with E-state index < -0.39 is 0 Å². The van der Waals surface area contributed by atoms with Crippen LogP contribution in [0.15, 0.2) is 24.3 Å². The normalized spacial score (nSPS) is 26.1. The van der Waals surface area contributed by atoms with Crippen LogP contribution in [0.3, 0.4) is 0 Å². The summed E-state index contributed by atoms with van der Waals surface area (Å²) in [4.78, 5) is 2.55. The van der Waals surface area contributed by atoms with Crippen LogP contribution < -0.4 is 0 Å². The fourth-order valence-electron chi connectivity index (χ4n) is 3.55. The summed E-state index contributed by atoms with van der Waals surface area (Å²) in [6.45, 7) is 1.38. The Morgan fingerprint density at radius 2 is 1.94 bits per heavy atom. The lowest BCUT2D eigenvalue weighted by molar-refractivity contribution is 0.0759. The minimum Gasteiger partial charge on any atom is -0.394 e. The van der Waals surface area contributed by atoms with E-state index in [0.29, 0.717) is 6.04 Å². The molecule has 0 spiro atoms. The summed E-state index contributed by atoms with van der Waals surface area (Å²) in [6.07, 6.45) is 6.50. The first kappa shape index (κ1) is 11.2. The van der Waals surface area contributed by atoms with Gasteiger partial charge >= 0.3 is 0 Å². The van der Waals surface area contributed by atoms with Crippen molar-refractivity contribution < 1.29 is 5.11 Å². The largest absolute Gasteiger partial charge is 0.394 e. The van der Waals surface area contributed by atoms with Crippen molar-refractivity contribution in [3.63, 3.8) is 0 Å². The molecule has 1 fully saturated rings. The first-order chi connectivity index (χ1) is 8.40. The summed E-state index contributed by atoms with van der Waals surface area (Å²) in [5, 5.41) is 9.73. The topological polar surface area (TPSA) is 23.5 Å². The lowest BCUT2D eigenvalue weighted by Gasteiger charge is -2.40. The summed E-state index contributed by atoms with van der Waals surface area (Å²) >= 11 is 0. The van der Waals surface area contributed by atoms with E-state index in [4.69, 9.17) is 0 Å². The Balaban J connectivity index is 1.88. The molecule has 3 rings (SSSR count). The number of benzene rings is 1. The molecule has 1 atom stereocenters. The summed E-state index contributed by atoms with van der Waals surface area (Å²) in [6, 6.07) is 9.56. The molecule has 0 aromatic heterocycles. The highest BCUT2D eigenvalue weighted by molar-refractivity contribution is 5.32. The van der Waals surface area contributed by atoms with Gasteiger partial charge in [-0.15, -0.1) is 0 Å². The quantitative estimate of drug-likeness (QED) is 0.845. The molecule has 92 valence electrons. The predicted molar refractivity (Wildman–Crippen MR) is 68.9 cm³/mol. The van der Waals surface area contributed by atoms with Gasteiger partial charge in [-0.05, 0) is 30.4 Å². The van der Waals surface area contributed by atoms with E-state index in [1.54, 1.807) is 0 Å². The molecular formula is C15H21NO.